The van der Waals surface area contributed by atoms with Crippen LogP contribution >= 0.6 is 0 Å². The minimum absolute atomic E-state index is 0.0324. The molecule has 1 atom stereocenters. The predicted molar refractivity (Wildman–Crippen MR) is 108 cm³/mol. The Morgan fingerprint density at radius 2 is 1.86 bits per heavy atom. The summed E-state index contributed by atoms with van der Waals surface area (Å²) < 4.78 is 38.1. The summed E-state index contributed by atoms with van der Waals surface area (Å²) in [6.07, 6.45) is -2.58. The summed E-state index contributed by atoms with van der Waals surface area (Å²) >= 11 is 0. The maximum absolute atomic E-state index is 12.7. The first-order chi connectivity index (χ1) is 13.7. The average Bonchev–Trinajstić information content (AvgIpc) is 2.68. The Balaban J connectivity index is 0.00000204. The zero-order valence-corrected chi connectivity index (χ0v) is 17.6. The summed E-state index contributed by atoms with van der Waals surface area (Å²) in [6, 6.07) is 4.50. The van der Waals surface area contributed by atoms with Gasteiger partial charge in [-0.3, -0.25) is 4.79 Å². The SMILES string of the molecule is CC.CC(C)CC(N)C(=O)N1CCC(=NOCc2cccc(C(F)(F)F)c2)CC1. The van der Waals surface area contributed by atoms with Gasteiger partial charge < -0.3 is 15.5 Å². The second kappa shape index (κ2) is 11.8. The Hall–Kier alpha value is -2.09. The van der Waals surface area contributed by atoms with Crippen LogP contribution < -0.4 is 5.73 Å². The van der Waals surface area contributed by atoms with Crippen LogP contribution in [-0.4, -0.2) is 35.7 Å². The molecule has 1 saturated heterocycles. The van der Waals surface area contributed by atoms with Crippen molar-refractivity contribution in [2.45, 2.75) is 65.8 Å². The lowest BCUT2D eigenvalue weighted by Crippen LogP contribution is -2.47. The van der Waals surface area contributed by atoms with Crippen LogP contribution in [0.2, 0.25) is 0 Å². The number of carbonyl (C=O) groups is 1. The van der Waals surface area contributed by atoms with Crippen molar-refractivity contribution in [2.75, 3.05) is 13.1 Å². The predicted octanol–water partition coefficient (Wildman–Crippen LogP) is 4.60. The molecule has 1 heterocycles. The summed E-state index contributed by atoms with van der Waals surface area (Å²) in [5.74, 6) is 0.308. The van der Waals surface area contributed by atoms with E-state index in [1.807, 2.05) is 27.7 Å². The van der Waals surface area contributed by atoms with Crippen molar-refractivity contribution in [1.82, 2.24) is 4.90 Å². The third kappa shape index (κ3) is 8.43. The topological polar surface area (TPSA) is 67.9 Å². The number of likely N-dealkylation sites (tertiary alicyclic amines) is 1. The second-order valence-electron chi connectivity index (χ2n) is 7.19. The molecule has 1 amide bonds. The van der Waals surface area contributed by atoms with Crippen LogP contribution in [0.4, 0.5) is 13.2 Å². The van der Waals surface area contributed by atoms with Gasteiger partial charge in [-0.15, -0.1) is 0 Å². The molecule has 8 heteroatoms. The lowest BCUT2D eigenvalue weighted by atomic mass is 10.0. The van der Waals surface area contributed by atoms with Crippen molar-refractivity contribution in [2.24, 2.45) is 16.8 Å². The molecule has 29 heavy (non-hydrogen) atoms. The first kappa shape index (κ1) is 24.9. The molecule has 2 N–H and O–H groups in total. The number of oxime groups is 1. The van der Waals surface area contributed by atoms with Crippen molar-refractivity contribution in [3.8, 4) is 0 Å². The van der Waals surface area contributed by atoms with Crippen LogP contribution in [0, 0.1) is 5.92 Å². The molecule has 0 bridgehead atoms. The molecule has 5 nitrogen and oxygen atoms in total. The highest BCUT2D eigenvalue weighted by molar-refractivity contribution is 5.88. The lowest BCUT2D eigenvalue weighted by Gasteiger charge is -2.30. The van der Waals surface area contributed by atoms with Gasteiger partial charge in [-0.1, -0.05) is 45.0 Å². The number of hydrogen-bond acceptors (Lipinski definition) is 4. The standard InChI is InChI=1S/C19H26F3N3O2.C2H6/c1-13(2)10-17(23)18(26)25-8-6-16(7-9-25)24-27-12-14-4-3-5-15(11-14)19(20,21)22;1-2/h3-5,11,13,17H,6-10,12,23H2,1-2H3;1-2H3. The third-order valence-corrected chi connectivity index (χ3v) is 4.37. The average molecular weight is 416 g/mol. The van der Waals surface area contributed by atoms with Gasteiger partial charge in [-0.25, -0.2) is 0 Å². The van der Waals surface area contributed by atoms with Gasteiger partial charge in [0.15, 0.2) is 0 Å². The van der Waals surface area contributed by atoms with E-state index in [0.29, 0.717) is 43.8 Å². The van der Waals surface area contributed by atoms with Crippen LogP contribution in [0.5, 0.6) is 0 Å². The second-order valence-corrected chi connectivity index (χ2v) is 7.19. The van der Waals surface area contributed by atoms with Crippen LogP contribution in [0.25, 0.3) is 0 Å². The summed E-state index contributed by atoms with van der Waals surface area (Å²) in [4.78, 5) is 19.2. The molecule has 1 aromatic rings. The molecule has 1 aliphatic rings. The highest BCUT2D eigenvalue weighted by Crippen LogP contribution is 2.29. The van der Waals surface area contributed by atoms with Gasteiger partial charge in [0.1, 0.15) is 6.61 Å². The van der Waals surface area contributed by atoms with Crippen molar-refractivity contribution in [3.05, 3.63) is 35.4 Å². The Kier molecular flexibility index (Phi) is 10.2. The number of rotatable bonds is 6. The number of alkyl halides is 3. The fraction of sp³-hybridized carbons (Fsp3) is 0.619. The summed E-state index contributed by atoms with van der Waals surface area (Å²) in [6.45, 7) is 9.06. The number of nitrogens with two attached hydrogens (primary N) is 1. The number of benzene rings is 1. The zero-order valence-electron chi connectivity index (χ0n) is 17.6. The van der Waals surface area contributed by atoms with Crippen LogP contribution in [0.3, 0.4) is 0 Å². The molecule has 1 aliphatic heterocycles. The number of hydrogen-bond donors (Lipinski definition) is 1. The first-order valence-electron chi connectivity index (χ1n) is 10.0. The number of amides is 1. The Bertz CT molecular complexity index is 665. The van der Waals surface area contributed by atoms with Crippen molar-refractivity contribution < 1.29 is 22.8 Å². The highest BCUT2D eigenvalue weighted by atomic mass is 19.4. The maximum atomic E-state index is 12.7. The molecule has 0 aromatic heterocycles. The molecule has 0 spiro atoms. The molecule has 1 fully saturated rings. The number of piperidine rings is 1. The largest absolute Gasteiger partial charge is 0.416 e. The number of carbonyl (C=O) groups excluding carboxylic acids is 1. The molecule has 164 valence electrons. The Labute approximate surface area is 171 Å². The number of nitrogens with zero attached hydrogens (tertiary/aromatic N) is 2. The van der Waals surface area contributed by atoms with Gasteiger partial charge in [0.25, 0.3) is 0 Å². The molecular formula is C21H32F3N3O2. The smallest absolute Gasteiger partial charge is 0.391 e. The van der Waals surface area contributed by atoms with E-state index in [0.717, 1.165) is 17.8 Å². The molecule has 1 unspecified atom stereocenters. The Morgan fingerprint density at radius 3 is 2.41 bits per heavy atom. The fourth-order valence-corrected chi connectivity index (χ4v) is 2.96. The minimum Gasteiger partial charge on any atom is -0.391 e. The molecule has 0 aliphatic carbocycles. The van der Waals surface area contributed by atoms with Gasteiger partial charge in [0.05, 0.1) is 17.3 Å². The van der Waals surface area contributed by atoms with Crippen LogP contribution in [-0.2, 0) is 22.4 Å². The van der Waals surface area contributed by atoms with E-state index < -0.39 is 17.8 Å². The van der Waals surface area contributed by atoms with Crippen LogP contribution in [0.1, 0.15) is 58.1 Å². The van der Waals surface area contributed by atoms with Crippen molar-refractivity contribution in [1.29, 1.82) is 0 Å². The van der Waals surface area contributed by atoms with E-state index >= 15 is 0 Å². The van der Waals surface area contributed by atoms with Crippen LogP contribution in [0.15, 0.2) is 29.4 Å². The zero-order chi connectivity index (χ0) is 22.0. The summed E-state index contributed by atoms with van der Waals surface area (Å²) in [5.41, 5.74) is 6.44. The maximum Gasteiger partial charge on any atom is 0.416 e. The van der Waals surface area contributed by atoms with E-state index in [-0.39, 0.29) is 12.5 Å². The van der Waals surface area contributed by atoms with Gasteiger partial charge in [-0.05, 0) is 30.0 Å². The van der Waals surface area contributed by atoms with E-state index in [4.69, 9.17) is 10.6 Å². The van der Waals surface area contributed by atoms with Gasteiger partial charge in [0, 0.05) is 25.9 Å². The van der Waals surface area contributed by atoms with E-state index in [1.54, 1.807) is 11.0 Å². The van der Waals surface area contributed by atoms with Crippen molar-refractivity contribution >= 4 is 11.6 Å². The molecule has 0 saturated carbocycles. The fourth-order valence-electron chi connectivity index (χ4n) is 2.96. The quantitative estimate of drug-likeness (QED) is 0.691. The van der Waals surface area contributed by atoms with E-state index in [9.17, 15) is 18.0 Å². The summed E-state index contributed by atoms with van der Waals surface area (Å²) in [7, 11) is 0. The first-order valence-corrected chi connectivity index (χ1v) is 10.0. The highest BCUT2D eigenvalue weighted by Gasteiger charge is 2.30. The van der Waals surface area contributed by atoms with Gasteiger partial charge in [0.2, 0.25) is 5.91 Å². The summed E-state index contributed by atoms with van der Waals surface area (Å²) in [5, 5.41) is 4.02. The van der Waals surface area contributed by atoms with E-state index in [2.05, 4.69) is 5.16 Å². The Morgan fingerprint density at radius 1 is 1.24 bits per heavy atom. The normalized spacial score (nSPS) is 15.5. The number of halogens is 3. The molecule has 1 aromatic carbocycles. The molecular weight excluding hydrogens is 383 g/mol. The van der Waals surface area contributed by atoms with E-state index in [1.165, 1.54) is 6.07 Å². The van der Waals surface area contributed by atoms with Gasteiger partial charge in [-0.2, -0.15) is 13.2 Å². The van der Waals surface area contributed by atoms with Gasteiger partial charge >= 0.3 is 6.18 Å². The minimum atomic E-state index is -4.38. The molecule has 0 radical (unpaired) electrons. The molecule has 2 rings (SSSR count). The monoisotopic (exact) mass is 415 g/mol. The third-order valence-electron chi connectivity index (χ3n) is 4.37. The lowest BCUT2D eigenvalue weighted by molar-refractivity contribution is -0.137. The van der Waals surface area contributed by atoms with Crippen molar-refractivity contribution in [3.63, 3.8) is 0 Å².